The Morgan fingerprint density at radius 3 is 2.44 bits per heavy atom. The van der Waals surface area contributed by atoms with Crippen LogP contribution < -0.4 is 5.32 Å². The van der Waals surface area contributed by atoms with Crippen LogP contribution in [0.3, 0.4) is 0 Å². The number of carbonyl (C=O) groups excluding carboxylic acids is 3. The van der Waals surface area contributed by atoms with Gasteiger partial charge >= 0.3 is 5.97 Å². The van der Waals surface area contributed by atoms with Crippen molar-refractivity contribution in [2.75, 3.05) is 5.32 Å². The van der Waals surface area contributed by atoms with Crippen LogP contribution in [0.25, 0.3) is 0 Å². The van der Waals surface area contributed by atoms with E-state index in [1.54, 1.807) is 6.07 Å². The molecule has 1 aromatic carbocycles. The highest BCUT2D eigenvalue weighted by atomic mass is 32.1. The van der Waals surface area contributed by atoms with Crippen molar-refractivity contribution in [2.24, 2.45) is 0 Å². The molecule has 0 aliphatic heterocycles. The molecule has 144 valence electrons. The van der Waals surface area contributed by atoms with Gasteiger partial charge in [0, 0.05) is 27.8 Å². The second kappa shape index (κ2) is 8.85. The zero-order valence-electron chi connectivity index (χ0n) is 15.1. The van der Waals surface area contributed by atoms with Gasteiger partial charge < -0.3 is 10.1 Å². The van der Waals surface area contributed by atoms with Crippen LogP contribution in [0.15, 0.2) is 24.3 Å². The average Bonchev–Trinajstić information content (AvgIpc) is 2.93. The van der Waals surface area contributed by atoms with Gasteiger partial charge in [-0.25, -0.2) is 8.78 Å². The molecule has 27 heavy (non-hydrogen) atoms. The molecule has 2 aromatic rings. The normalized spacial score (nSPS) is 11.7. The van der Waals surface area contributed by atoms with Gasteiger partial charge in [0.15, 0.2) is 11.9 Å². The number of rotatable bonds is 7. The number of esters is 1. The number of hydrogen-bond donors (Lipinski definition) is 1. The maximum absolute atomic E-state index is 13.5. The van der Waals surface area contributed by atoms with Crippen molar-refractivity contribution in [1.29, 1.82) is 0 Å². The van der Waals surface area contributed by atoms with Crippen LogP contribution in [-0.2, 0) is 14.3 Å². The fourth-order valence-corrected chi connectivity index (χ4v) is 3.34. The van der Waals surface area contributed by atoms with Crippen molar-refractivity contribution in [3.05, 3.63) is 51.2 Å². The maximum atomic E-state index is 13.5. The van der Waals surface area contributed by atoms with E-state index in [0.29, 0.717) is 11.6 Å². The van der Waals surface area contributed by atoms with Gasteiger partial charge in [-0.15, -0.1) is 11.3 Å². The zero-order valence-corrected chi connectivity index (χ0v) is 15.9. The number of amides is 1. The molecular formula is C19H19F2NO4S. The minimum absolute atomic E-state index is 0.0310. The summed E-state index contributed by atoms with van der Waals surface area (Å²) in [5.41, 5.74) is 0.366. The Kier molecular flexibility index (Phi) is 6.79. The topological polar surface area (TPSA) is 72.5 Å². The van der Waals surface area contributed by atoms with Crippen molar-refractivity contribution in [2.45, 2.75) is 39.7 Å². The van der Waals surface area contributed by atoms with E-state index in [9.17, 15) is 23.2 Å². The van der Waals surface area contributed by atoms with Crippen molar-refractivity contribution in [3.63, 3.8) is 0 Å². The first kappa shape index (κ1) is 20.7. The molecule has 5 nitrogen and oxygen atoms in total. The Morgan fingerprint density at radius 2 is 1.85 bits per heavy atom. The molecule has 0 fully saturated rings. The Labute approximate surface area is 159 Å². The Morgan fingerprint density at radius 1 is 1.15 bits per heavy atom. The molecule has 0 bridgehead atoms. The van der Waals surface area contributed by atoms with E-state index < -0.39 is 29.6 Å². The number of hydrogen-bond acceptors (Lipinski definition) is 5. The SMILES string of the molecule is Cc1cc(C(=O)CCC(=O)O[C@@H](C)C(=O)Nc2ccc(F)cc2F)c(C)s1. The summed E-state index contributed by atoms with van der Waals surface area (Å²) in [6.07, 6.45) is -1.39. The molecule has 8 heteroatoms. The lowest BCUT2D eigenvalue weighted by atomic mass is 10.1. The molecule has 1 atom stereocenters. The predicted molar refractivity (Wildman–Crippen MR) is 97.9 cm³/mol. The van der Waals surface area contributed by atoms with Gasteiger partial charge in [-0.3, -0.25) is 14.4 Å². The molecule has 0 radical (unpaired) electrons. The molecule has 0 saturated carbocycles. The average molecular weight is 395 g/mol. The Bertz CT molecular complexity index is 879. The highest BCUT2D eigenvalue weighted by Crippen LogP contribution is 2.22. The zero-order chi connectivity index (χ0) is 20.1. The molecule has 0 aliphatic carbocycles. The van der Waals surface area contributed by atoms with Crippen molar-refractivity contribution in [1.82, 2.24) is 0 Å². The smallest absolute Gasteiger partial charge is 0.307 e. The molecule has 0 saturated heterocycles. The lowest BCUT2D eigenvalue weighted by Crippen LogP contribution is -2.30. The number of Topliss-reactive ketones (excluding diaryl/α,β-unsaturated/α-hetero) is 1. The van der Waals surface area contributed by atoms with Crippen LogP contribution in [0, 0.1) is 25.5 Å². The third kappa shape index (κ3) is 5.68. The minimum Gasteiger partial charge on any atom is -0.453 e. The van der Waals surface area contributed by atoms with Gasteiger partial charge in [-0.2, -0.15) is 0 Å². The van der Waals surface area contributed by atoms with E-state index in [2.05, 4.69) is 5.32 Å². The second-order valence-electron chi connectivity index (χ2n) is 6.00. The fraction of sp³-hybridized carbons (Fsp3) is 0.316. The summed E-state index contributed by atoms with van der Waals surface area (Å²) in [6.45, 7) is 5.06. The van der Waals surface area contributed by atoms with Crippen LogP contribution in [0.5, 0.6) is 0 Å². The number of carbonyl (C=O) groups is 3. The number of halogens is 2. The maximum Gasteiger partial charge on any atom is 0.307 e. The first-order valence-electron chi connectivity index (χ1n) is 8.23. The van der Waals surface area contributed by atoms with Gasteiger partial charge in [0.2, 0.25) is 0 Å². The molecule has 1 heterocycles. The van der Waals surface area contributed by atoms with Gasteiger partial charge in [0.25, 0.3) is 5.91 Å². The number of nitrogens with one attached hydrogen (secondary N) is 1. The van der Waals surface area contributed by atoms with Crippen LogP contribution in [0.2, 0.25) is 0 Å². The van der Waals surface area contributed by atoms with Crippen LogP contribution in [0.4, 0.5) is 14.5 Å². The standard InChI is InChI=1S/C19H19F2NO4S/c1-10-8-14(12(3)27-10)17(23)6-7-18(24)26-11(2)19(25)22-16-5-4-13(20)9-15(16)21/h4-5,8-9,11H,6-7H2,1-3H3,(H,22,25)/t11-/m0/s1. The van der Waals surface area contributed by atoms with Crippen molar-refractivity contribution < 1.29 is 27.9 Å². The van der Waals surface area contributed by atoms with E-state index in [4.69, 9.17) is 4.74 Å². The van der Waals surface area contributed by atoms with E-state index in [1.165, 1.54) is 18.3 Å². The lowest BCUT2D eigenvalue weighted by molar-refractivity contribution is -0.153. The summed E-state index contributed by atoms with van der Waals surface area (Å²) in [4.78, 5) is 37.9. The second-order valence-corrected chi connectivity index (χ2v) is 7.46. The molecule has 0 spiro atoms. The summed E-state index contributed by atoms with van der Waals surface area (Å²) in [7, 11) is 0. The highest BCUT2D eigenvalue weighted by Gasteiger charge is 2.20. The largest absolute Gasteiger partial charge is 0.453 e. The Balaban J connectivity index is 1.84. The number of aryl methyl sites for hydroxylation is 2. The summed E-state index contributed by atoms with van der Waals surface area (Å²) >= 11 is 1.51. The van der Waals surface area contributed by atoms with Gasteiger partial charge in [0.1, 0.15) is 11.6 Å². The quantitative estimate of drug-likeness (QED) is 0.564. The number of anilines is 1. The third-order valence-electron chi connectivity index (χ3n) is 3.76. The van der Waals surface area contributed by atoms with Gasteiger partial charge in [0.05, 0.1) is 12.1 Å². The van der Waals surface area contributed by atoms with Crippen molar-refractivity contribution in [3.8, 4) is 0 Å². The first-order chi connectivity index (χ1) is 12.7. The summed E-state index contributed by atoms with van der Waals surface area (Å²) in [5.74, 6) is -3.35. The number of thiophene rings is 1. The van der Waals surface area contributed by atoms with Gasteiger partial charge in [-0.05, 0) is 39.0 Å². The van der Waals surface area contributed by atoms with Gasteiger partial charge in [-0.1, -0.05) is 0 Å². The van der Waals surface area contributed by atoms with E-state index in [-0.39, 0.29) is 24.3 Å². The molecule has 1 N–H and O–H groups in total. The minimum atomic E-state index is -1.19. The number of ether oxygens (including phenoxy) is 1. The predicted octanol–water partition coefficient (Wildman–Crippen LogP) is 4.18. The summed E-state index contributed by atoms with van der Waals surface area (Å²) in [6, 6.07) is 4.48. The van der Waals surface area contributed by atoms with E-state index in [1.807, 2.05) is 13.8 Å². The summed E-state index contributed by atoms with van der Waals surface area (Å²) < 4.78 is 31.4. The van der Waals surface area contributed by atoms with E-state index >= 15 is 0 Å². The first-order valence-corrected chi connectivity index (χ1v) is 9.04. The molecule has 0 unspecified atom stereocenters. The molecule has 2 rings (SSSR count). The van der Waals surface area contributed by atoms with Crippen LogP contribution in [-0.4, -0.2) is 23.8 Å². The monoisotopic (exact) mass is 395 g/mol. The molecule has 1 aromatic heterocycles. The molecule has 1 amide bonds. The summed E-state index contributed by atoms with van der Waals surface area (Å²) in [5, 5.41) is 2.22. The number of benzene rings is 1. The highest BCUT2D eigenvalue weighted by molar-refractivity contribution is 7.12. The molecular weight excluding hydrogens is 376 g/mol. The van der Waals surface area contributed by atoms with Crippen LogP contribution >= 0.6 is 11.3 Å². The molecule has 0 aliphatic rings. The van der Waals surface area contributed by atoms with Crippen LogP contribution in [0.1, 0.15) is 39.9 Å². The third-order valence-corrected chi connectivity index (χ3v) is 4.73. The van der Waals surface area contributed by atoms with Crippen molar-refractivity contribution >= 4 is 34.7 Å². The lowest BCUT2D eigenvalue weighted by Gasteiger charge is -2.14. The van der Waals surface area contributed by atoms with E-state index in [0.717, 1.165) is 21.9 Å². The Hall–Kier alpha value is -2.61. The fourth-order valence-electron chi connectivity index (χ4n) is 2.39. The number of ketones is 1.